The van der Waals surface area contributed by atoms with Gasteiger partial charge in [0, 0.05) is 12.7 Å². The Bertz CT molecular complexity index is 898. The molecule has 0 aliphatic rings. The second-order valence-electron chi connectivity index (χ2n) is 5.49. The van der Waals surface area contributed by atoms with Gasteiger partial charge in [-0.05, 0) is 24.3 Å². The van der Waals surface area contributed by atoms with Crippen molar-refractivity contribution < 1.29 is 19.4 Å². The number of carbonyl (C=O) groups excluding carboxylic acids is 1. The minimum absolute atomic E-state index is 0.0607. The molecule has 1 amide bonds. The van der Waals surface area contributed by atoms with Crippen LogP contribution in [-0.2, 0) is 0 Å². The van der Waals surface area contributed by atoms with Crippen molar-refractivity contribution in [3.63, 3.8) is 0 Å². The Labute approximate surface area is 159 Å². The molecule has 0 saturated carbocycles. The van der Waals surface area contributed by atoms with Gasteiger partial charge in [-0.3, -0.25) is 9.78 Å². The third kappa shape index (κ3) is 5.00. The topological polar surface area (TPSA) is 133 Å². The van der Waals surface area contributed by atoms with Crippen molar-refractivity contribution >= 4 is 29.2 Å². The molecule has 0 radical (unpaired) electrons. The third-order valence-electron chi connectivity index (χ3n) is 3.44. The lowest BCUT2D eigenvalue weighted by molar-refractivity contribution is 0.0799. The summed E-state index contributed by atoms with van der Waals surface area (Å²) in [6, 6.07) is 6.80. The number of aliphatic hydroxyl groups is 2. The fraction of sp³-hybridized carbons (Fsp3) is 0.176. The minimum Gasteiger partial charge on any atom is -0.422 e. The third-order valence-corrected chi connectivity index (χ3v) is 3.67. The van der Waals surface area contributed by atoms with Crippen LogP contribution in [0, 0.1) is 0 Å². The molecule has 3 rings (SSSR count). The molecule has 0 aliphatic heterocycles. The number of amides is 1. The van der Waals surface area contributed by atoms with E-state index in [0.717, 1.165) is 0 Å². The fourth-order valence-corrected chi connectivity index (χ4v) is 2.17. The first kappa shape index (κ1) is 18.8. The SMILES string of the molecule is O=C(NC[C@@H](O)CO)c1ccc(Nc2ncc(-c3ccc(Cl)cn3)o2)cn1. The second kappa shape index (κ2) is 8.58. The van der Waals surface area contributed by atoms with Crippen LogP contribution >= 0.6 is 11.6 Å². The average Bonchev–Trinajstić information content (AvgIpc) is 3.15. The molecule has 0 aromatic carbocycles. The Hall–Kier alpha value is -3.01. The van der Waals surface area contributed by atoms with Gasteiger partial charge in [-0.1, -0.05) is 11.6 Å². The lowest BCUT2D eigenvalue weighted by Crippen LogP contribution is -2.34. The molecule has 27 heavy (non-hydrogen) atoms. The average molecular weight is 390 g/mol. The second-order valence-corrected chi connectivity index (χ2v) is 5.93. The van der Waals surface area contributed by atoms with Crippen LogP contribution < -0.4 is 10.6 Å². The number of aliphatic hydroxyl groups excluding tert-OH is 2. The predicted octanol–water partition coefficient (Wildman–Crippen LogP) is 1.61. The van der Waals surface area contributed by atoms with E-state index in [-0.39, 0.29) is 18.3 Å². The molecule has 0 unspecified atom stereocenters. The van der Waals surface area contributed by atoms with Gasteiger partial charge in [0.05, 0.1) is 35.8 Å². The van der Waals surface area contributed by atoms with Gasteiger partial charge in [-0.25, -0.2) is 9.97 Å². The summed E-state index contributed by atoms with van der Waals surface area (Å²) in [4.78, 5) is 24.2. The Morgan fingerprint density at radius 3 is 2.67 bits per heavy atom. The largest absolute Gasteiger partial charge is 0.422 e. The van der Waals surface area contributed by atoms with E-state index in [4.69, 9.17) is 21.1 Å². The molecule has 9 nitrogen and oxygen atoms in total. The molecule has 3 heterocycles. The lowest BCUT2D eigenvalue weighted by Gasteiger charge is -2.08. The van der Waals surface area contributed by atoms with Crippen molar-refractivity contribution in [2.45, 2.75) is 6.10 Å². The number of oxazole rings is 1. The quantitative estimate of drug-likeness (QED) is 0.479. The van der Waals surface area contributed by atoms with Gasteiger partial charge in [0.25, 0.3) is 11.9 Å². The Kier molecular flexibility index (Phi) is 5.97. The number of nitrogens with zero attached hydrogens (tertiary/aromatic N) is 3. The maximum absolute atomic E-state index is 11.9. The first-order valence-electron chi connectivity index (χ1n) is 7.93. The molecule has 1 atom stereocenters. The molecule has 3 aromatic heterocycles. The van der Waals surface area contributed by atoms with E-state index in [1.807, 2.05) is 0 Å². The van der Waals surface area contributed by atoms with Crippen LogP contribution in [0.4, 0.5) is 11.7 Å². The van der Waals surface area contributed by atoms with Crippen LogP contribution in [0.3, 0.4) is 0 Å². The van der Waals surface area contributed by atoms with Crippen molar-refractivity contribution in [3.05, 3.63) is 53.6 Å². The van der Waals surface area contributed by atoms with Crippen molar-refractivity contribution in [1.82, 2.24) is 20.3 Å². The summed E-state index contributed by atoms with van der Waals surface area (Å²) < 4.78 is 5.58. The van der Waals surface area contributed by atoms with Crippen LogP contribution in [0.25, 0.3) is 11.5 Å². The van der Waals surface area contributed by atoms with Crippen molar-refractivity contribution in [2.75, 3.05) is 18.5 Å². The standard InChI is InChI=1S/C17H16ClN5O4/c18-10-1-3-13(19-5-10)15-8-22-17(27-15)23-11-2-4-14(20-6-11)16(26)21-7-12(25)9-24/h1-6,8,12,24-25H,7,9H2,(H,21,26)(H,22,23)/t12-/m1/s1. The van der Waals surface area contributed by atoms with Crippen molar-refractivity contribution in [3.8, 4) is 11.5 Å². The molecule has 0 bridgehead atoms. The van der Waals surface area contributed by atoms with Gasteiger partial charge in [0.2, 0.25) is 0 Å². The molecule has 0 saturated heterocycles. The highest BCUT2D eigenvalue weighted by molar-refractivity contribution is 6.30. The van der Waals surface area contributed by atoms with Gasteiger partial charge >= 0.3 is 0 Å². The molecule has 0 spiro atoms. The zero-order valence-electron chi connectivity index (χ0n) is 14.0. The number of pyridine rings is 2. The predicted molar refractivity (Wildman–Crippen MR) is 97.7 cm³/mol. The Balaban J connectivity index is 1.61. The van der Waals surface area contributed by atoms with Crippen LogP contribution in [0.15, 0.2) is 47.3 Å². The normalized spacial score (nSPS) is 11.8. The molecule has 10 heteroatoms. The van der Waals surface area contributed by atoms with E-state index < -0.39 is 18.6 Å². The maximum Gasteiger partial charge on any atom is 0.299 e. The lowest BCUT2D eigenvalue weighted by atomic mass is 10.3. The summed E-state index contributed by atoms with van der Waals surface area (Å²) in [5.74, 6) is 0.0156. The maximum atomic E-state index is 11.9. The van der Waals surface area contributed by atoms with Crippen LogP contribution in [0.1, 0.15) is 10.5 Å². The van der Waals surface area contributed by atoms with Crippen LogP contribution in [-0.4, -0.2) is 50.3 Å². The summed E-state index contributed by atoms with van der Waals surface area (Å²) in [7, 11) is 0. The van der Waals surface area contributed by atoms with E-state index in [2.05, 4.69) is 25.6 Å². The van der Waals surface area contributed by atoms with E-state index >= 15 is 0 Å². The molecular formula is C17H16ClN5O4. The number of hydrogen-bond donors (Lipinski definition) is 4. The van der Waals surface area contributed by atoms with E-state index in [9.17, 15) is 9.90 Å². The van der Waals surface area contributed by atoms with Crippen LogP contribution in [0.5, 0.6) is 0 Å². The molecular weight excluding hydrogens is 374 g/mol. The molecule has 0 fully saturated rings. The van der Waals surface area contributed by atoms with Gasteiger partial charge in [-0.15, -0.1) is 0 Å². The summed E-state index contributed by atoms with van der Waals surface area (Å²) in [5, 5.41) is 23.9. The molecule has 0 aliphatic carbocycles. The molecule has 3 aromatic rings. The number of rotatable bonds is 7. The van der Waals surface area contributed by atoms with Gasteiger partial charge in [0.15, 0.2) is 5.76 Å². The molecule has 4 N–H and O–H groups in total. The highest BCUT2D eigenvalue weighted by Crippen LogP contribution is 2.23. The zero-order chi connectivity index (χ0) is 19.2. The van der Waals surface area contributed by atoms with Crippen LogP contribution in [0.2, 0.25) is 5.02 Å². The van der Waals surface area contributed by atoms with E-state index in [0.29, 0.717) is 22.2 Å². The highest BCUT2D eigenvalue weighted by Gasteiger charge is 2.11. The first-order valence-corrected chi connectivity index (χ1v) is 8.31. The van der Waals surface area contributed by atoms with Gasteiger partial charge < -0.3 is 25.3 Å². The number of carbonyl (C=O) groups is 1. The van der Waals surface area contributed by atoms with Gasteiger partial charge in [-0.2, -0.15) is 0 Å². The summed E-state index contributed by atoms with van der Waals surface area (Å²) >= 11 is 5.81. The van der Waals surface area contributed by atoms with E-state index in [1.54, 1.807) is 18.2 Å². The number of hydrogen-bond acceptors (Lipinski definition) is 8. The summed E-state index contributed by atoms with van der Waals surface area (Å²) in [5.41, 5.74) is 1.33. The van der Waals surface area contributed by atoms with Gasteiger partial charge in [0.1, 0.15) is 11.4 Å². The smallest absolute Gasteiger partial charge is 0.299 e. The van der Waals surface area contributed by atoms with Crippen molar-refractivity contribution in [1.29, 1.82) is 0 Å². The highest BCUT2D eigenvalue weighted by atomic mass is 35.5. The van der Waals surface area contributed by atoms with E-state index in [1.165, 1.54) is 24.7 Å². The first-order chi connectivity index (χ1) is 13.0. The zero-order valence-corrected chi connectivity index (χ0v) is 14.7. The van der Waals surface area contributed by atoms with Crippen molar-refractivity contribution in [2.24, 2.45) is 0 Å². The minimum atomic E-state index is -1.01. The fourth-order valence-electron chi connectivity index (χ4n) is 2.06. The summed E-state index contributed by atoms with van der Waals surface area (Å²) in [6.45, 7) is -0.491. The number of anilines is 2. The number of halogens is 1. The number of aromatic nitrogens is 3. The molecule has 140 valence electrons. The summed E-state index contributed by atoms with van der Waals surface area (Å²) in [6.07, 6.45) is 3.48. The monoisotopic (exact) mass is 389 g/mol. The Morgan fingerprint density at radius 2 is 2.00 bits per heavy atom. The Morgan fingerprint density at radius 1 is 1.15 bits per heavy atom. The number of nitrogens with one attached hydrogen (secondary N) is 2.